The molecule has 0 saturated heterocycles. The van der Waals surface area contributed by atoms with Gasteiger partial charge in [0.15, 0.2) is 0 Å². The van der Waals surface area contributed by atoms with Gasteiger partial charge in [-0.3, -0.25) is 0 Å². The van der Waals surface area contributed by atoms with E-state index in [1.54, 1.807) is 25.1 Å². The number of alkyl halides is 3. The third-order valence-corrected chi connectivity index (χ3v) is 5.69. The molecule has 1 aromatic rings. The fourth-order valence-corrected chi connectivity index (χ4v) is 4.37. The van der Waals surface area contributed by atoms with E-state index in [0.717, 1.165) is 0 Å². The molecule has 0 radical (unpaired) electrons. The van der Waals surface area contributed by atoms with E-state index in [4.69, 9.17) is 0 Å². The SMILES string of the molecule is CN(C)c1cccc(OS(=O)(=O)C(F)(F)F)c1[Si](C)(C)C. The van der Waals surface area contributed by atoms with Crippen molar-refractivity contribution in [2.45, 2.75) is 25.1 Å². The van der Waals surface area contributed by atoms with Gasteiger partial charge in [-0.15, -0.1) is 0 Å². The van der Waals surface area contributed by atoms with Gasteiger partial charge >= 0.3 is 15.6 Å². The minimum Gasteiger partial charge on any atom is -0.378 e. The van der Waals surface area contributed by atoms with Crippen LogP contribution in [0.5, 0.6) is 5.75 Å². The molecule has 21 heavy (non-hydrogen) atoms. The largest absolute Gasteiger partial charge is 0.534 e. The first-order chi connectivity index (χ1) is 9.27. The van der Waals surface area contributed by atoms with E-state index in [0.29, 0.717) is 10.9 Å². The first-order valence-corrected chi connectivity index (χ1v) is 11.0. The summed E-state index contributed by atoms with van der Waals surface area (Å²) in [5.41, 5.74) is -4.79. The maximum atomic E-state index is 12.5. The number of hydrogen-bond acceptors (Lipinski definition) is 4. The molecule has 0 aliphatic rings. The lowest BCUT2D eigenvalue weighted by Gasteiger charge is -2.27. The molecule has 0 bridgehead atoms. The molecule has 0 aliphatic carbocycles. The Bertz CT molecular complexity index is 622. The molecule has 0 fully saturated rings. The number of halogens is 3. The van der Waals surface area contributed by atoms with Crippen molar-refractivity contribution in [1.29, 1.82) is 0 Å². The summed E-state index contributed by atoms with van der Waals surface area (Å²) in [5.74, 6) is -0.252. The Kier molecular flexibility index (Phi) is 4.69. The summed E-state index contributed by atoms with van der Waals surface area (Å²) in [6, 6.07) is 4.45. The fraction of sp³-hybridized carbons (Fsp3) is 0.500. The Hall–Kier alpha value is -1.22. The molecule has 120 valence electrons. The van der Waals surface area contributed by atoms with Gasteiger partial charge in [-0.25, -0.2) is 0 Å². The quantitative estimate of drug-likeness (QED) is 0.480. The molecule has 0 unspecified atom stereocenters. The molecular weight excluding hydrogens is 323 g/mol. The summed E-state index contributed by atoms with van der Waals surface area (Å²) in [6.45, 7) is 5.72. The minimum atomic E-state index is -5.67. The predicted octanol–water partition coefficient (Wildman–Crippen LogP) is 2.53. The second-order valence-electron chi connectivity index (χ2n) is 5.78. The Balaban J connectivity index is 3.49. The highest BCUT2D eigenvalue weighted by Crippen LogP contribution is 2.29. The Morgan fingerprint density at radius 3 is 2.05 bits per heavy atom. The average Bonchev–Trinajstić information content (AvgIpc) is 2.24. The van der Waals surface area contributed by atoms with Crippen LogP contribution < -0.4 is 14.3 Å². The fourth-order valence-electron chi connectivity index (χ4n) is 1.88. The number of hydrogen-bond donors (Lipinski definition) is 0. The van der Waals surface area contributed by atoms with E-state index < -0.39 is 23.7 Å². The molecule has 0 N–H and O–H groups in total. The van der Waals surface area contributed by atoms with Crippen LogP contribution in [0.25, 0.3) is 0 Å². The van der Waals surface area contributed by atoms with Gasteiger partial charge in [0.2, 0.25) is 0 Å². The Morgan fingerprint density at radius 1 is 1.14 bits per heavy atom. The normalized spacial score (nSPS) is 13.1. The standard InChI is InChI=1S/C12H18F3NO3SSi/c1-16(2)9-7-6-8-10(11(9)21(3,4)5)19-20(17,18)12(13,14)15/h6-8H,1-5H3. The predicted molar refractivity (Wildman–Crippen MR) is 79.4 cm³/mol. The summed E-state index contributed by atoms with van der Waals surface area (Å²) in [4.78, 5) is 1.72. The average molecular weight is 341 g/mol. The van der Waals surface area contributed by atoms with Crippen molar-refractivity contribution in [2.75, 3.05) is 19.0 Å². The lowest BCUT2D eigenvalue weighted by molar-refractivity contribution is -0.0499. The molecule has 0 heterocycles. The maximum absolute atomic E-state index is 12.5. The molecule has 0 atom stereocenters. The van der Waals surface area contributed by atoms with Crippen LogP contribution in [0.15, 0.2) is 18.2 Å². The summed E-state index contributed by atoms with van der Waals surface area (Å²) in [7, 11) is -4.34. The first-order valence-electron chi connectivity index (χ1n) is 6.09. The summed E-state index contributed by atoms with van der Waals surface area (Å²) >= 11 is 0. The zero-order valence-electron chi connectivity index (χ0n) is 12.4. The van der Waals surface area contributed by atoms with Crippen molar-refractivity contribution in [3.8, 4) is 5.75 Å². The van der Waals surface area contributed by atoms with E-state index in [-0.39, 0.29) is 5.75 Å². The number of nitrogens with zero attached hydrogens (tertiary/aromatic N) is 1. The highest BCUT2D eigenvalue weighted by molar-refractivity contribution is 7.88. The number of rotatable bonds is 4. The van der Waals surface area contributed by atoms with Crippen molar-refractivity contribution in [3.63, 3.8) is 0 Å². The summed E-state index contributed by atoms with van der Waals surface area (Å²) < 4.78 is 64.3. The monoisotopic (exact) mass is 341 g/mol. The van der Waals surface area contributed by atoms with Gasteiger partial charge in [0.05, 0.1) is 8.07 Å². The Labute approximate surface area is 123 Å². The molecule has 4 nitrogen and oxygen atoms in total. The van der Waals surface area contributed by atoms with Gasteiger partial charge in [-0.2, -0.15) is 21.6 Å². The molecule has 0 aliphatic heterocycles. The summed E-state index contributed by atoms with van der Waals surface area (Å²) in [6.07, 6.45) is 0. The third kappa shape index (κ3) is 3.91. The minimum absolute atomic E-state index is 0.252. The van der Waals surface area contributed by atoms with Gasteiger partial charge in [0.1, 0.15) is 5.75 Å². The molecule has 0 aromatic heterocycles. The second-order valence-corrected chi connectivity index (χ2v) is 12.3. The highest BCUT2D eigenvalue weighted by atomic mass is 32.2. The molecule has 1 rings (SSSR count). The van der Waals surface area contributed by atoms with Gasteiger partial charge in [0.25, 0.3) is 0 Å². The van der Waals surface area contributed by atoms with E-state index in [2.05, 4.69) is 4.18 Å². The van der Waals surface area contributed by atoms with Crippen molar-refractivity contribution >= 4 is 29.1 Å². The van der Waals surface area contributed by atoms with Crippen molar-refractivity contribution < 1.29 is 25.8 Å². The Morgan fingerprint density at radius 2 is 1.67 bits per heavy atom. The topological polar surface area (TPSA) is 46.6 Å². The molecule has 0 saturated carbocycles. The van der Waals surface area contributed by atoms with Gasteiger partial charge in [-0.1, -0.05) is 25.7 Å². The van der Waals surface area contributed by atoms with E-state index in [1.807, 2.05) is 19.6 Å². The maximum Gasteiger partial charge on any atom is 0.534 e. The van der Waals surface area contributed by atoms with Crippen LogP contribution in [0, 0.1) is 0 Å². The second kappa shape index (κ2) is 5.52. The highest BCUT2D eigenvalue weighted by Gasteiger charge is 2.49. The summed E-state index contributed by atoms with van der Waals surface area (Å²) in [5, 5.41) is 0.530. The van der Waals surface area contributed by atoms with Crippen molar-refractivity contribution in [1.82, 2.24) is 0 Å². The van der Waals surface area contributed by atoms with E-state index in [1.165, 1.54) is 12.1 Å². The molecule has 1 aromatic carbocycles. The molecular formula is C12H18F3NO3SSi. The van der Waals surface area contributed by atoms with Crippen LogP contribution in [0.2, 0.25) is 19.6 Å². The van der Waals surface area contributed by atoms with Crippen LogP contribution in [0.3, 0.4) is 0 Å². The number of anilines is 1. The van der Waals surface area contributed by atoms with Gasteiger partial charge in [-0.05, 0) is 12.1 Å². The van der Waals surface area contributed by atoms with E-state index >= 15 is 0 Å². The smallest absolute Gasteiger partial charge is 0.378 e. The van der Waals surface area contributed by atoms with Crippen LogP contribution >= 0.6 is 0 Å². The number of benzene rings is 1. The van der Waals surface area contributed by atoms with Crippen LogP contribution in [0.1, 0.15) is 0 Å². The molecule has 0 amide bonds. The zero-order valence-corrected chi connectivity index (χ0v) is 14.3. The van der Waals surface area contributed by atoms with Gasteiger partial charge < -0.3 is 9.08 Å². The van der Waals surface area contributed by atoms with E-state index in [9.17, 15) is 21.6 Å². The van der Waals surface area contributed by atoms with Crippen LogP contribution in [0.4, 0.5) is 18.9 Å². The van der Waals surface area contributed by atoms with Crippen LogP contribution in [-0.4, -0.2) is 36.1 Å². The molecule has 0 spiro atoms. The first kappa shape index (κ1) is 17.8. The van der Waals surface area contributed by atoms with Crippen molar-refractivity contribution in [3.05, 3.63) is 18.2 Å². The van der Waals surface area contributed by atoms with Crippen LogP contribution in [-0.2, 0) is 10.1 Å². The molecule has 9 heteroatoms. The lowest BCUT2D eigenvalue weighted by Crippen LogP contribution is -2.43. The zero-order chi connectivity index (χ0) is 16.6. The van der Waals surface area contributed by atoms with Gasteiger partial charge in [0, 0.05) is 25.0 Å². The van der Waals surface area contributed by atoms with Crippen molar-refractivity contribution in [2.24, 2.45) is 0 Å². The third-order valence-electron chi connectivity index (χ3n) is 2.72. The lowest BCUT2D eigenvalue weighted by atomic mass is 10.3.